The van der Waals surface area contributed by atoms with E-state index in [1.54, 1.807) is 13.2 Å². The number of hydrogen-bond donors (Lipinski definition) is 2. The number of carbonyl (C=O) groups excluding carboxylic acids is 2. The first-order chi connectivity index (χ1) is 15.9. The highest BCUT2D eigenvalue weighted by atomic mass is 16.5. The molecule has 2 aromatic rings. The van der Waals surface area contributed by atoms with E-state index in [2.05, 4.69) is 15.5 Å². The Bertz CT molecular complexity index is 962. The first kappa shape index (κ1) is 23.1. The van der Waals surface area contributed by atoms with Gasteiger partial charge in [-0.2, -0.15) is 0 Å². The second-order valence-corrected chi connectivity index (χ2v) is 9.27. The molecule has 2 N–H and O–H groups in total. The molecule has 0 saturated carbocycles. The van der Waals surface area contributed by atoms with Crippen LogP contribution in [0.3, 0.4) is 0 Å². The van der Waals surface area contributed by atoms with Crippen molar-refractivity contribution >= 4 is 23.2 Å². The van der Waals surface area contributed by atoms with Crippen LogP contribution >= 0.6 is 0 Å². The van der Waals surface area contributed by atoms with Crippen molar-refractivity contribution in [2.24, 2.45) is 0 Å². The normalized spacial score (nSPS) is 22.3. The van der Waals surface area contributed by atoms with Crippen LogP contribution in [0, 0.1) is 0 Å². The number of methoxy groups -OCH3 is 1. The topological polar surface area (TPSA) is 73.9 Å². The minimum Gasteiger partial charge on any atom is -0.497 e. The molecule has 2 aromatic carbocycles. The Balaban J connectivity index is 1.34. The highest BCUT2D eigenvalue weighted by molar-refractivity contribution is 5.95. The van der Waals surface area contributed by atoms with Gasteiger partial charge < -0.3 is 20.3 Å². The number of carbonyl (C=O) groups is 2. The van der Waals surface area contributed by atoms with Crippen LogP contribution in [0.4, 0.5) is 11.4 Å². The highest BCUT2D eigenvalue weighted by Gasteiger charge is 2.39. The fourth-order valence-electron chi connectivity index (χ4n) is 5.10. The van der Waals surface area contributed by atoms with E-state index in [0.717, 1.165) is 37.1 Å². The number of benzene rings is 2. The lowest BCUT2D eigenvalue weighted by molar-refractivity contribution is -0.120. The van der Waals surface area contributed by atoms with Crippen molar-refractivity contribution in [2.75, 3.05) is 38.0 Å². The highest BCUT2D eigenvalue weighted by Crippen LogP contribution is 2.34. The number of fused-ring (bicyclic) bond motifs is 2. The van der Waals surface area contributed by atoms with Gasteiger partial charge in [0.05, 0.1) is 13.7 Å². The van der Waals surface area contributed by atoms with E-state index >= 15 is 0 Å². The molecule has 2 fully saturated rings. The fourth-order valence-corrected chi connectivity index (χ4v) is 5.10. The maximum Gasteiger partial charge on any atom is 0.251 e. The number of nitrogens with one attached hydrogen (secondary N) is 2. The second-order valence-electron chi connectivity index (χ2n) is 9.27. The van der Waals surface area contributed by atoms with Gasteiger partial charge in [0.2, 0.25) is 5.91 Å². The van der Waals surface area contributed by atoms with E-state index in [-0.39, 0.29) is 17.9 Å². The lowest BCUT2D eigenvalue weighted by Gasteiger charge is -2.48. The number of anilines is 2. The van der Waals surface area contributed by atoms with Gasteiger partial charge in [0.15, 0.2) is 0 Å². The van der Waals surface area contributed by atoms with Gasteiger partial charge in [-0.1, -0.05) is 12.5 Å². The molecule has 2 bridgehead atoms. The first-order valence-corrected chi connectivity index (χ1v) is 11.7. The second kappa shape index (κ2) is 10.3. The minimum atomic E-state index is -0.0654. The molecule has 176 valence electrons. The lowest BCUT2D eigenvalue weighted by atomic mass is 9.81. The smallest absolute Gasteiger partial charge is 0.251 e. The van der Waals surface area contributed by atoms with Crippen molar-refractivity contribution in [3.8, 4) is 5.75 Å². The molecule has 0 unspecified atom stereocenters. The van der Waals surface area contributed by atoms with Gasteiger partial charge in [0.1, 0.15) is 5.75 Å². The number of hydrogen-bond acceptors (Lipinski definition) is 5. The van der Waals surface area contributed by atoms with Crippen LogP contribution in [0.2, 0.25) is 0 Å². The van der Waals surface area contributed by atoms with E-state index < -0.39 is 0 Å². The molecule has 2 saturated heterocycles. The van der Waals surface area contributed by atoms with E-state index in [1.807, 2.05) is 61.5 Å². The minimum absolute atomic E-state index is 0.0170. The van der Waals surface area contributed by atoms with Crippen LogP contribution in [0.25, 0.3) is 0 Å². The van der Waals surface area contributed by atoms with Gasteiger partial charge in [0, 0.05) is 49.2 Å². The van der Waals surface area contributed by atoms with Crippen molar-refractivity contribution in [3.05, 3.63) is 54.1 Å². The van der Waals surface area contributed by atoms with Gasteiger partial charge in [-0.15, -0.1) is 0 Å². The standard InChI is InChI=1S/C26H34N4O3/c1-29(2)21-12-10-19(11-13-21)27-25(31)17-30-22-7-5-8-23(30)16-20(15-22)28-26(32)18-6-4-9-24(14-18)33-3/h4,6,9-14,20,22-23H,5,7-8,15-17H2,1-3H3,(H,27,31)(H,28,32)/t22-,23-/m1/s1. The summed E-state index contributed by atoms with van der Waals surface area (Å²) in [7, 11) is 5.59. The van der Waals surface area contributed by atoms with E-state index in [9.17, 15) is 9.59 Å². The summed E-state index contributed by atoms with van der Waals surface area (Å²) in [6.07, 6.45) is 5.05. The molecule has 4 rings (SSSR count). The number of rotatable bonds is 7. The molecule has 7 heteroatoms. The third kappa shape index (κ3) is 5.66. The fraction of sp³-hybridized carbons (Fsp3) is 0.462. The van der Waals surface area contributed by atoms with Gasteiger partial charge >= 0.3 is 0 Å². The quantitative estimate of drug-likeness (QED) is 0.675. The lowest BCUT2D eigenvalue weighted by Crippen LogP contribution is -2.58. The Morgan fingerprint density at radius 1 is 1.06 bits per heavy atom. The van der Waals surface area contributed by atoms with Gasteiger partial charge in [-0.25, -0.2) is 0 Å². The number of nitrogens with zero attached hydrogens (tertiary/aromatic N) is 2. The molecule has 2 heterocycles. The summed E-state index contributed by atoms with van der Waals surface area (Å²) in [5.41, 5.74) is 2.53. The molecule has 7 nitrogen and oxygen atoms in total. The van der Waals surface area contributed by atoms with Crippen molar-refractivity contribution in [1.29, 1.82) is 0 Å². The van der Waals surface area contributed by atoms with Crippen molar-refractivity contribution in [2.45, 2.75) is 50.2 Å². The Labute approximate surface area is 196 Å². The van der Waals surface area contributed by atoms with Crippen LogP contribution in [-0.4, -0.2) is 62.6 Å². The molecule has 2 amide bonds. The molecular weight excluding hydrogens is 416 g/mol. The zero-order valence-electron chi connectivity index (χ0n) is 19.7. The Morgan fingerprint density at radius 2 is 1.76 bits per heavy atom. The summed E-state index contributed by atoms with van der Waals surface area (Å²) < 4.78 is 5.24. The number of amides is 2. The van der Waals surface area contributed by atoms with Crippen LogP contribution in [0.1, 0.15) is 42.5 Å². The monoisotopic (exact) mass is 450 g/mol. The largest absolute Gasteiger partial charge is 0.497 e. The average molecular weight is 451 g/mol. The molecule has 33 heavy (non-hydrogen) atoms. The van der Waals surface area contributed by atoms with Crippen molar-refractivity contribution in [1.82, 2.24) is 10.2 Å². The molecule has 0 spiro atoms. The van der Waals surface area contributed by atoms with Crippen LogP contribution in [0.15, 0.2) is 48.5 Å². The summed E-state index contributed by atoms with van der Waals surface area (Å²) in [6, 6.07) is 15.9. The first-order valence-electron chi connectivity index (χ1n) is 11.7. The summed E-state index contributed by atoms with van der Waals surface area (Å²) >= 11 is 0. The van der Waals surface area contributed by atoms with E-state index in [1.165, 1.54) is 6.42 Å². The van der Waals surface area contributed by atoms with Crippen molar-refractivity contribution < 1.29 is 14.3 Å². The zero-order valence-corrected chi connectivity index (χ0v) is 19.7. The molecular formula is C26H34N4O3. The molecule has 2 aliphatic heterocycles. The average Bonchev–Trinajstić information content (AvgIpc) is 2.80. The molecule has 0 aromatic heterocycles. The molecule has 2 atom stereocenters. The summed E-state index contributed by atoms with van der Waals surface area (Å²) in [4.78, 5) is 30.0. The predicted octanol–water partition coefficient (Wildman–Crippen LogP) is 3.52. The van der Waals surface area contributed by atoms with Gasteiger partial charge in [0.25, 0.3) is 5.91 Å². The van der Waals surface area contributed by atoms with E-state index in [4.69, 9.17) is 4.74 Å². The van der Waals surface area contributed by atoms with Crippen LogP contribution < -0.4 is 20.3 Å². The number of piperidine rings is 2. The van der Waals surface area contributed by atoms with Crippen LogP contribution in [0.5, 0.6) is 5.75 Å². The third-order valence-corrected chi connectivity index (χ3v) is 6.79. The number of ether oxygens (including phenoxy) is 1. The van der Waals surface area contributed by atoms with Gasteiger partial charge in [-0.3, -0.25) is 14.5 Å². The molecule has 2 aliphatic rings. The molecule has 0 radical (unpaired) electrons. The van der Waals surface area contributed by atoms with Crippen molar-refractivity contribution in [3.63, 3.8) is 0 Å². The summed E-state index contributed by atoms with van der Waals surface area (Å²) in [5, 5.41) is 6.26. The SMILES string of the molecule is COc1cccc(C(=O)NC2C[C@H]3CCC[C@H](C2)N3CC(=O)Nc2ccc(N(C)C)cc2)c1. The maximum atomic E-state index is 12.8. The Hall–Kier alpha value is -3.06. The third-order valence-electron chi connectivity index (χ3n) is 6.79. The van der Waals surface area contributed by atoms with Crippen LogP contribution in [-0.2, 0) is 4.79 Å². The van der Waals surface area contributed by atoms with E-state index in [0.29, 0.717) is 29.9 Å². The molecule has 0 aliphatic carbocycles. The summed E-state index contributed by atoms with van der Waals surface area (Å²) in [6.45, 7) is 0.390. The Morgan fingerprint density at radius 3 is 2.39 bits per heavy atom. The zero-order chi connectivity index (χ0) is 23.4. The van der Waals surface area contributed by atoms with Gasteiger partial charge in [-0.05, 0) is 68.1 Å². The Kier molecular flexibility index (Phi) is 7.18. The predicted molar refractivity (Wildman–Crippen MR) is 131 cm³/mol. The summed E-state index contributed by atoms with van der Waals surface area (Å²) in [5.74, 6) is 0.629. The maximum absolute atomic E-state index is 12.8.